The lowest BCUT2D eigenvalue weighted by molar-refractivity contribution is 0.187. The lowest BCUT2D eigenvalue weighted by Crippen LogP contribution is -2.10. The van der Waals surface area contributed by atoms with E-state index in [-0.39, 0.29) is 12.4 Å². The molecule has 4 aromatic rings. The van der Waals surface area contributed by atoms with Gasteiger partial charge in [0.1, 0.15) is 5.65 Å². The smallest absolute Gasteiger partial charge is 0.411 e. The molecule has 150 valence electrons. The van der Waals surface area contributed by atoms with Crippen LogP contribution in [0.15, 0.2) is 54.7 Å². The SMILES string of the molecule is COC(=O)Nc1ccc2ccn3c(CCN)c(-c4ccccc4C)nc3c2c1.Cl. The molecule has 0 atom stereocenters. The van der Waals surface area contributed by atoms with Crippen LogP contribution in [0.25, 0.3) is 27.7 Å². The van der Waals surface area contributed by atoms with Gasteiger partial charge < -0.3 is 14.9 Å². The van der Waals surface area contributed by atoms with Gasteiger partial charge in [-0.15, -0.1) is 12.4 Å². The van der Waals surface area contributed by atoms with E-state index in [2.05, 4.69) is 28.8 Å². The highest BCUT2D eigenvalue weighted by Crippen LogP contribution is 2.31. The van der Waals surface area contributed by atoms with Crippen molar-refractivity contribution in [3.8, 4) is 11.3 Å². The van der Waals surface area contributed by atoms with E-state index in [0.717, 1.165) is 39.8 Å². The van der Waals surface area contributed by atoms with Crippen molar-refractivity contribution in [3.63, 3.8) is 0 Å². The Morgan fingerprint density at radius 3 is 2.72 bits per heavy atom. The lowest BCUT2D eigenvalue weighted by atomic mass is 10.0. The number of ether oxygens (including phenoxy) is 1. The van der Waals surface area contributed by atoms with Crippen LogP contribution < -0.4 is 11.1 Å². The van der Waals surface area contributed by atoms with E-state index < -0.39 is 6.09 Å². The Kier molecular flexibility index (Phi) is 6.06. The number of anilines is 1. The average molecular weight is 411 g/mol. The molecule has 29 heavy (non-hydrogen) atoms. The van der Waals surface area contributed by atoms with Gasteiger partial charge in [-0.3, -0.25) is 5.32 Å². The lowest BCUT2D eigenvalue weighted by Gasteiger charge is -2.08. The second kappa shape index (κ2) is 8.51. The number of nitrogens with one attached hydrogen (secondary N) is 1. The zero-order chi connectivity index (χ0) is 19.7. The number of rotatable bonds is 4. The van der Waals surface area contributed by atoms with Crippen LogP contribution in [-0.4, -0.2) is 29.1 Å². The number of amides is 1. The van der Waals surface area contributed by atoms with Gasteiger partial charge in [-0.2, -0.15) is 0 Å². The van der Waals surface area contributed by atoms with Crippen molar-refractivity contribution in [1.82, 2.24) is 9.38 Å². The summed E-state index contributed by atoms with van der Waals surface area (Å²) in [6.45, 7) is 2.62. The highest BCUT2D eigenvalue weighted by molar-refractivity contribution is 5.99. The Morgan fingerprint density at radius 1 is 1.21 bits per heavy atom. The molecule has 4 rings (SSSR count). The molecule has 0 aliphatic heterocycles. The molecule has 0 aliphatic rings. The molecule has 2 heterocycles. The third-order valence-corrected chi connectivity index (χ3v) is 4.92. The molecule has 7 heteroatoms. The monoisotopic (exact) mass is 410 g/mol. The number of imidazole rings is 1. The molecule has 1 amide bonds. The van der Waals surface area contributed by atoms with E-state index in [1.165, 1.54) is 12.7 Å². The summed E-state index contributed by atoms with van der Waals surface area (Å²) >= 11 is 0. The quantitative estimate of drug-likeness (QED) is 0.516. The average Bonchev–Trinajstić information content (AvgIpc) is 3.07. The number of benzene rings is 2. The van der Waals surface area contributed by atoms with Crippen LogP contribution in [0.5, 0.6) is 0 Å². The molecular weight excluding hydrogens is 388 g/mol. The van der Waals surface area contributed by atoms with Crippen molar-refractivity contribution in [2.45, 2.75) is 13.3 Å². The van der Waals surface area contributed by atoms with Crippen LogP contribution in [-0.2, 0) is 11.2 Å². The number of halogens is 1. The van der Waals surface area contributed by atoms with Crippen molar-refractivity contribution < 1.29 is 9.53 Å². The zero-order valence-corrected chi connectivity index (χ0v) is 17.1. The summed E-state index contributed by atoms with van der Waals surface area (Å²) < 4.78 is 6.79. The van der Waals surface area contributed by atoms with E-state index in [9.17, 15) is 4.79 Å². The number of carbonyl (C=O) groups excluding carboxylic acids is 1. The fraction of sp³-hybridized carbons (Fsp3) is 0.182. The van der Waals surface area contributed by atoms with Gasteiger partial charge in [0.05, 0.1) is 18.5 Å². The number of hydrogen-bond acceptors (Lipinski definition) is 4. The Hall–Kier alpha value is -3.09. The molecule has 0 saturated heterocycles. The summed E-state index contributed by atoms with van der Waals surface area (Å²) in [6.07, 6.45) is 2.25. The molecule has 0 bridgehead atoms. The number of hydrogen-bond donors (Lipinski definition) is 2. The molecule has 0 spiro atoms. The minimum atomic E-state index is -0.501. The second-order valence-electron chi connectivity index (χ2n) is 6.69. The summed E-state index contributed by atoms with van der Waals surface area (Å²) in [5.74, 6) is 0. The standard InChI is InChI=1S/C22H22N4O2.ClH/c1-14-5-3-4-6-17(14)20-19(9-11-23)26-12-10-15-7-8-16(24-22(27)28-2)13-18(15)21(26)25-20;/h3-8,10,12-13H,9,11,23H2,1-2H3,(H,24,27);1H. The van der Waals surface area contributed by atoms with E-state index in [0.29, 0.717) is 12.2 Å². The normalized spacial score (nSPS) is 10.7. The predicted molar refractivity (Wildman–Crippen MR) is 119 cm³/mol. The Bertz CT molecular complexity index is 1190. The van der Waals surface area contributed by atoms with Gasteiger partial charge in [-0.1, -0.05) is 30.3 Å². The molecule has 0 radical (unpaired) electrons. The summed E-state index contributed by atoms with van der Waals surface area (Å²) in [5, 5.41) is 4.72. The fourth-order valence-electron chi connectivity index (χ4n) is 3.54. The van der Waals surface area contributed by atoms with Crippen LogP contribution in [0.3, 0.4) is 0 Å². The maximum Gasteiger partial charge on any atom is 0.411 e. The summed E-state index contributed by atoms with van der Waals surface area (Å²) in [4.78, 5) is 16.6. The summed E-state index contributed by atoms with van der Waals surface area (Å²) in [5.41, 5.74) is 11.7. The van der Waals surface area contributed by atoms with E-state index in [4.69, 9.17) is 15.5 Å². The highest BCUT2D eigenvalue weighted by atomic mass is 35.5. The number of aryl methyl sites for hydroxylation is 1. The summed E-state index contributed by atoms with van der Waals surface area (Å²) in [7, 11) is 1.34. The van der Waals surface area contributed by atoms with Crippen molar-refractivity contribution in [2.24, 2.45) is 5.73 Å². The van der Waals surface area contributed by atoms with Crippen molar-refractivity contribution in [1.29, 1.82) is 0 Å². The third kappa shape index (κ3) is 3.77. The number of nitrogens with zero attached hydrogens (tertiary/aromatic N) is 2. The number of nitrogens with two attached hydrogens (primary N) is 1. The van der Waals surface area contributed by atoms with Gasteiger partial charge in [-0.05, 0) is 42.6 Å². The maximum atomic E-state index is 11.6. The topological polar surface area (TPSA) is 81.6 Å². The van der Waals surface area contributed by atoms with E-state index in [1.54, 1.807) is 0 Å². The van der Waals surface area contributed by atoms with Crippen molar-refractivity contribution >= 4 is 40.6 Å². The molecule has 0 saturated carbocycles. The van der Waals surface area contributed by atoms with Gasteiger partial charge in [0.25, 0.3) is 0 Å². The largest absolute Gasteiger partial charge is 0.453 e. The molecule has 6 nitrogen and oxygen atoms in total. The summed E-state index contributed by atoms with van der Waals surface area (Å²) in [6, 6.07) is 16.0. The number of aromatic nitrogens is 2. The van der Waals surface area contributed by atoms with Crippen molar-refractivity contribution in [3.05, 3.63) is 66.0 Å². The van der Waals surface area contributed by atoms with Gasteiger partial charge in [0.2, 0.25) is 0 Å². The molecular formula is C22H23ClN4O2. The zero-order valence-electron chi connectivity index (χ0n) is 16.3. The van der Waals surface area contributed by atoms with Crippen LogP contribution >= 0.6 is 12.4 Å². The highest BCUT2D eigenvalue weighted by Gasteiger charge is 2.17. The molecule has 0 fully saturated rings. The molecule has 3 N–H and O–H groups in total. The first kappa shape index (κ1) is 20.6. The van der Waals surface area contributed by atoms with Crippen molar-refractivity contribution in [2.75, 3.05) is 19.0 Å². The minimum Gasteiger partial charge on any atom is -0.453 e. The van der Waals surface area contributed by atoms with Gasteiger partial charge in [0.15, 0.2) is 0 Å². The predicted octanol–water partition coefficient (Wildman–Crippen LogP) is 4.56. The van der Waals surface area contributed by atoms with Crippen LogP contribution in [0, 0.1) is 6.92 Å². The van der Waals surface area contributed by atoms with E-state index in [1.807, 2.05) is 42.6 Å². The number of fused-ring (bicyclic) bond motifs is 3. The number of pyridine rings is 1. The first-order valence-corrected chi connectivity index (χ1v) is 9.17. The maximum absolute atomic E-state index is 11.6. The van der Waals surface area contributed by atoms with Gasteiger partial charge in [-0.25, -0.2) is 9.78 Å². The first-order valence-electron chi connectivity index (χ1n) is 9.17. The number of methoxy groups -OCH3 is 1. The van der Waals surface area contributed by atoms with Gasteiger partial charge >= 0.3 is 6.09 Å². The van der Waals surface area contributed by atoms with Crippen LogP contribution in [0.2, 0.25) is 0 Å². The third-order valence-electron chi connectivity index (χ3n) is 4.92. The minimum absolute atomic E-state index is 0. The van der Waals surface area contributed by atoms with E-state index >= 15 is 0 Å². The molecule has 0 aliphatic carbocycles. The fourth-order valence-corrected chi connectivity index (χ4v) is 3.54. The first-order chi connectivity index (χ1) is 13.6. The van der Waals surface area contributed by atoms with Crippen LogP contribution in [0.4, 0.5) is 10.5 Å². The van der Waals surface area contributed by atoms with Gasteiger partial charge in [0, 0.05) is 29.3 Å². The Balaban J connectivity index is 0.00000240. The molecule has 0 unspecified atom stereocenters. The Labute approximate surface area is 175 Å². The molecule has 2 aromatic heterocycles. The van der Waals surface area contributed by atoms with Crippen LogP contribution in [0.1, 0.15) is 11.3 Å². The molecule has 2 aromatic carbocycles. The second-order valence-corrected chi connectivity index (χ2v) is 6.69. The number of carbonyl (C=O) groups is 1. The Morgan fingerprint density at radius 2 is 2.00 bits per heavy atom.